The Hall–Kier alpha value is -1.44. The first-order valence-corrected chi connectivity index (χ1v) is 11.1. The van der Waals surface area contributed by atoms with Crippen LogP contribution in [0.4, 0.5) is 0 Å². The van der Waals surface area contributed by atoms with Crippen molar-refractivity contribution in [3.8, 4) is 5.75 Å². The number of ether oxygens (including phenoxy) is 2. The monoisotopic (exact) mass is 417 g/mol. The molecule has 0 aliphatic rings. The van der Waals surface area contributed by atoms with Gasteiger partial charge in [-0.1, -0.05) is 44.7 Å². The highest BCUT2D eigenvalue weighted by Crippen LogP contribution is 2.37. The third kappa shape index (κ3) is 11.4. The maximum atomic E-state index is 12.3. The largest absolute Gasteiger partial charge is 0.491 e. The van der Waals surface area contributed by atoms with Gasteiger partial charge in [0, 0.05) is 13.5 Å². The van der Waals surface area contributed by atoms with E-state index in [0.29, 0.717) is 30.9 Å². The fourth-order valence-electron chi connectivity index (χ4n) is 2.61. The second kappa shape index (κ2) is 13.7. The maximum absolute atomic E-state index is 12.3. The van der Waals surface area contributed by atoms with Crippen LogP contribution in [0.3, 0.4) is 0 Å². The number of rotatable bonds is 15. The highest BCUT2D eigenvalue weighted by Gasteiger charge is 2.21. The molecule has 9 heteroatoms. The van der Waals surface area contributed by atoms with E-state index in [1.807, 2.05) is 0 Å². The van der Waals surface area contributed by atoms with Gasteiger partial charge in [-0.3, -0.25) is 9.32 Å². The van der Waals surface area contributed by atoms with Gasteiger partial charge >= 0.3 is 7.82 Å². The molecule has 1 rings (SSSR count). The van der Waals surface area contributed by atoms with Gasteiger partial charge in [0.15, 0.2) is 0 Å². The third-order valence-corrected chi connectivity index (χ3v) is 4.55. The summed E-state index contributed by atoms with van der Waals surface area (Å²) in [6, 6.07) is 6.28. The summed E-state index contributed by atoms with van der Waals surface area (Å²) in [4.78, 5) is 30.3. The summed E-state index contributed by atoms with van der Waals surface area (Å²) in [5, 5.41) is 2.80. The molecule has 0 spiro atoms. The number of amides is 1. The Bertz CT molecular complexity index is 620. The first-order valence-electron chi connectivity index (χ1n) is 9.57. The van der Waals surface area contributed by atoms with E-state index in [1.54, 1.807) is 31.4 Å². The standard InChI is InChI=1S/C19H32NO7P/c1-3-4-5-6-7-11-19(21)20-18(15-27-28(22,23)24)16-9-8-10-17(14-16)26-13-12-25-2/h8-10,14,18H,3-7,11-13,15H2,1-2H3,(H,20,21)(H2,22,23,24). The molecule has 0 aromatic heterocycles. The molecule has 0 aliphatic carbocycles. The van der Waals surface area contributed by atoms with E-state index in [0.717, 1.165) is 32.1 Å². The Morgan fingerprint density at radius 2 is 1.93 bits per heavy atom. The highest BCUT2D eigenvalue weighted by atomic mass is 31.2. The summed E-state index contributed by atoms with van der Waals surface area (Å²) in [5.41, 5.74) is 0.641. The Kier molecular flexibility index (Phi) is 12.0. The molecule has 1 unspecified atom stereocenters. The van der Waals surface area contributed by atoms with Gasteiger partial charge in [0.1, 0.15) is 12.4 Å². The van der Waals surface area contributed by atoms with Crippen LogP contribution in [0.25, 0.3) is 0 Å². The number of nitrogens with one attached hydrogen (secondary N) is 1. The number of benzene rings is 1. The molecule has 8 nitrogen and oxygen atoms in total. The van der Waals surface area contributed by atoms with E-state index in [1.165, 1.54) is 0 Å². The van der Waals surface area contributed by atoms with Crippen molar-refractivity contribution in [2.75, 3.05) is 26.9 Å². The van der Waals surface area contributed by atoms with Gasteiger partial charge in [0.25, 0.3) is 0 Å². The van der Waals surface area contributed by atoms with E-state index < -0.39 is 13.9 Å². The second-order valence-electron chi connectivity index (χ2n) is 6.48. The summed E-state index contributed by atoms with van der Waals surface area (Å²) < 4.78 is 26.2. The molecule has 160 valence electrons. The maximum Gasteiger partial charge on any atom is 0.469 e. The molecule has 0 aliphatic heterocycles. The fraction of sp³-hybridized carbons (Fsp3) is 0.632. The predicted octanol–water partition coefficient (Wildman–Crippen LogP) is 3.34. The van der Waals surface area contributed by atoms with E-state index in [2.05, 4.69) is 16.8 Å². The van der Waals surface area contributed by atoms with E-state index in [9.17, 15) is 9.36 Å². The molecule has 1 aromatic rings. The molecule has 1 atom stereocenters. The molecule has 1 amide bonds. The molecule has 28 heavy (non-hydrogen) atoms. The summed E-state index contributed by atoms with van der Waals surface area (Å²) in [7, 11) is -3.07. The van der Waals surface area contributed by atoms with Crippen molar-refractivity contribution in [1.29, 1.82) is 0 Å². The minimum absolute atomic E-state index is 0.179. The lowest BCUT2D eigenvalue weighted by molar-refractivity contribution is -0.122. The van der Waals surface area contributed by atoms with Crippen LogP contribution in [0, 0.1) is 0 Å². The quantitative estimate of drug-likeness (QED) is 0.296. The van der Waals surface area contributed by atoms with Gasteiger partial charge in [0.2, 0.25) is 5.91 Å². The molecule has 3 N–H and O–H groups in total. The first kappa shape index (κ1) is 24.6. The van der Waals surface area contributed by atoms with E-state index in [4.69, 9.17) is 19.3 Å². The Labute approximate surface area is 166 Å². The lowest BCUT2D eigenvalue weighted by Crippen LogP contribution is -2.31. The molecular weight excluding hydrogens is 385 g/mol. The van der Waals surface area contributed by atoms with Crippen LogP contribution in [-0.2, 0) is 18.6 Å². The van der Waals surface area contributed by atoms with Gasteiger partial charge in [-0.05, 0) is 24.1 Å². The highest BCUT2D eigenvalue weighted by molar-refractivity contribution is 7.46. The van der Waals surface area contributed by atoms with Crippen molar-refractivity contribution in [1.82, 2.24) is 5.32 Å². The minimum Gasteiger partial charge on any atom is -0.491 e. The molecule has 1 aromatic carbocycles. The molecule has 0 bridgehead atoms. The lowest BCUT2D eigenvalue weighted by Gasteiger charge is -2.20. The van der Waals surface area contributed by atoms with Crippen molar-refractivity contribution in [2.24, 2.45) is 0 Å². The van der Waals surface area contributed by atoms with Crippen LogP contribution in [0.1, 0.15) is 57.1 Å². The number of methoxy groups -OCH3 is 1. The molecule has 0 radical (unpaired) electrons. The van der Waals surface area contributed by atoms with Crippen molar-refractivity contribution >= 4 is 13.7 Å². The second-order valence-corrected chi connectivity index (χ2v) is 7.72. The average Bonchev–Trinajstić information content (AvgIpc) is 2.64. The number of phosphoric ester groups is 1. The van der Waals surface area contributed by atoms with E-state index in [-0.39, 0.29) is 12.5 Å². The summed E-state index contributed by atoms with van der Waals surface area (Å²) in [6.07, 6.45) is 5.49. The number of phosphoric acid groups is 1. The van der Waals surface area contributed by atoms with Crippen molar-refractivity contribution < 1.29 is 33.1 Å². The van der Waals surface area contributed by atoms with Crippen LogP contribution >= 0.6 is 7.82 Å². The molecular formula is C19H32NO7P. The first-order chi connectivity index (χ1) is 13.4. The zero-order valence-electron chi connectivity index (χ0n) is 16.6. The number of carbonyl (C=O) groups is 1. The molecule has 0 saturated heterocycles. The number of carbonyl (C=O) groups excluding carboxylic acids is 1. The number of unbranched alkanes of at least 4 members (excludes halogenated alkanes) is 4. The van der Waals surface area contributed by atoms with Gasteiger partial charge in [-0.25, -0.2) is 4.57 Å². The van der Waals surface area contributed by atoms with Crippen molar-refractivity contribution in [3.05, 3.63) is 29.8 Å². The summed E-state index contributed by atoms with van der Waals surface area (Å²) >= 11 is 0. The Morgan fingerprint density at radius 1 is 1.18 bits per heavy atom. The van der Waals surface area contributed by atoms with Gasteiger partial charge in [-0.2, -0.15) is 0 Å². The zero-order chi connectivity index (χ0) is 20.8. The SMILES string of the molecule is CCCCCCCC(=O)NC(COP(=O)(O)O)c1cccc(OCCOC)c1. The molecule has 0 fully saturated rings. The fourth-order valence-corrected chi connectivity index (χ4v) is 2.96. The normalized spacial score (nSPS) is 12.6. The third-order valence-electron chi connectivity index (χ3n) is 4.07. The molecule has 0 heterocycles. The van der Waals surface area contributed by atoms with Gasteiger partial charge < -0.3 is 24.6 Å². The zero-order valence-corrected chi connectivity index (χ0v) is 17.5. The summed E-state index contributed by atoms with van der Waals surface area (Å²) in [5.74, 6) is 0.394. The van der Waals surface area contributed by atoms with Crippen molar-refractivity contribution in [3.63, 3.8) is 0 Å². The minimum atomic E-state index is -4.65. The van der Waals surface area contributed by atoms with Crippen molar-refractivity contribution in [2.45, 2.75) is 51.5 Å². The Balaban J connectivity index is 2.72. The van der Waals surface area contributed by atoms with Crippen LogP contribution < -0.4 is 10.1 Å². The lowest BCUT2D eigenvalue weighted by atomic mass is 10.1. The summed E-state index contributed by atoms with van der Waals surface area (Å²) in [6.45, 7) is 2.59. The predicted molar refractivity (Wildman–Crippen MR) is 106 cm³/mol. The van der Waals surface area contributed by atoms with Crippen LogP contribution in [0.2, 0.25) is 0 Å². The van der Waals surface area contributed by atoms with Gasteiger partial charge in [0.05, 0.1) is 19.3 Å². The number of hydrogen-bond donors (Lipinski definition) is 3. The number of hydrogen-bond acceptors (Lipinski definition) is 5. The van der Waals surface area contributed by atoms with Crippen LogP contribution in [0.15, 0.2) is 24.3 Å². The molecule has 0 saturated carbocycles. The average molecular weight is 417 g/mol. The van der Waals surface area contributed by atoms with Gasteiger partial charge in [-0.15, -0.1) is 0 Å². The van der Waals surface area contributed by atoms with E-state index >= 15 is 0 Å². The Morgan fingerprint density at radius 3 is 2.61 bits per heavy atom. The smallest absolute Gasteiger partial charge is 0.469 e. The van der Waals surface area contributed by atoms with Crippen LogP contribution in [0.5, 0.6) is 5.75 Å². The van der Waals surface area contributed by atoms with Crippen LogP contribution in [-0.4, -0.2) is 42.6 Å². The topological polar surface area (TPSA) is 114 Å².